The highest BCUT2D eigenvalue weighted by Gasteiger charge is 1.96. The van der Waals surface area contributed by atoms with Crippen LogP contribution in [0.1, 0.15) is 13.3 Å². The molecule has 0 spiro atoms. The lowest BCUT2D eigenvalue weighted by Gasteiger charge is -2.02. The van der Waals surface area contributed by atoms with Crippen LogP contribution in [0.5, 0.6) is 0 Å². The normalized spacial score (nSPS) is 9.85. The first kappa shape index (κ1) is 11.7. The molecule has 0 radical (unpaired) electrons. The van der Waals surface area contributed by atoms with Crippen LogP contribution in [0.2, 0.25) is 0 Å². The second kappa shape index (κ2) is 8.82. The van der Waals surface area contributed by atoms with E-state index < -0.39 is 0 Å². The van der Waals surface area contributed by atoms with Crippen LogP contribution in [0.25, 0.3) is 0 Å². The van der Waals surface area contributed by atoms with E-state index in [9.17, 15) is 4.79 Å². The number of hydrogen-bond acceptors (Lipinski definition) is 2. The summed E-state index contributed by atoms with van der Waals surface area (Å²) in [5.74, 6) is 2.38. The maximum atomic E-state index is 11.0. The Labute approximate surface area is 79.6 Å². The Balaban J connectivity index is 3.26. The predicted molar refractivity (Wildman–Crippen MR) is 54.1 cm³/mol. The molecule has 0 unspecified atom stereocenters. The Hall–Kier alpha value is -1.27. The van der Waals surface area contributed by atoms with Gasteiger partial charge in [0, 0.05) is 6.54 Å². The monoisotopic (exact) mass is 180 g/mol. The Morgan fingerprint density at radius 3 is 3.00 bits per heavy atom. The van der Waals surface area contributed by atoms with Crippen molar-refractivity contribution in [3.63, 3.8) is 0 Å². The third-order valence-electron chi connectivity index (χ3n) is 1.38. The number of carbonyl (C=O) groups is 1. The molecule has 0 atom stereocenters. The molecule has 0 saturated carbocycles. The number of carbonyl (C=O) groups excluding carboxylic acids is 1. The second-order valence-electron chi connectivity index (χ2n) is 2.52. The first-order chi connectivity index (χ1) is 6.31. The number of terminal acetylenes is 1. The number of allylic oxidation sites excluding steroid dienone is 1. The van der Waals surface area contributed by atoms with Gasteiger partial charge in [0.1, 0.15) is 0 Å². The van der Waals surface area contributed by atoms with Crippen LogP contribution >= 0.6 is 0 Å². The van der Waals surface area contributed by atoms with Gasteiger partial charge in [0.25, 0.3) is 0 Å². The van der Waals surface area contributed by atoms with E-state index in [1.54, 1.807) is 0 Å². The number of rotatable bonds is 6. The summed E-state index contributed by atoms with van der Waals surface area (Å²) in [5.41, 5.74) is 0. The minimum absolute atomic E-state index is 0.0141. The van der Waals surface area contributed by atoms with Crippen LogP contribution in [0, 0.1) is 12.3 Å². The average Bonchev–Trinajstić information content (AvgIpc) is 2.13. The maximum absolute atomic E-state index is 11.0. The Morgan fingerprint density at radius 1 is 1.62 bits per heavy atom. The fourth-order valence-electron chi connectivity index (χ4n) is 0.772. The van der Waals surface area contributed by atoms with E-state index in [-0.39, 0.29) is 5.91 Å². The molecule has 3 nitrogen and oxygen atoms in total. The zero-order valence-corrected chi connectivity index (χ0v) is 7.97. The molecule has 0 aromatic heterocycles. The molecule has 0 saturated heterocycles. The van der Waals surface area contributed by atoms with E-state index in [0.29, 0.717) is 19.6 Å². The van der Waals surface area contributed by atoms with Gasteiger partial charge in [-0.1, -0.05) is 18.1 Å². The van der Waals surface area contributed by atoms with Crippen LogP contribution in [0.4, 0.5) is 0 Å². The average molecular weight is 180 g/mol. The summed E-state index contributed by atoms with van der Waals surface area (Å²) in [5, 5.41) is 5.56. The molecular weight excluding hydrogens is 164 g/mol. The van der Waals surface area contributed by atoms with Gasteiger partial charge in [0.05, 0.1) is 13.1 Å². The minimum atomic E-state index is -0.0141. The fourth-order valence-corrected chi connectivity index (χ4v) is 0.772. The third kappa shape index (κ3) is 8.64. The maximum Gasteiger partial charge on any atom is 0.233 e. The van der Waals surface area contributed by atoms with Gasteiger partial charge in [-0.05, 0) is 13.3 Å². The van der Waals surface area contributed by atoms with Gasteiger partial charge in [-0.2, -0.15) is 0 Å². The van der Waals surface area contributed by atoms with Gasteiger partial charge in [-0.15, -0.1) is 6.42 Å². The highest BCUT2D eigenvalue weighted by atomic mass is 16.1. The minimum Gasteiger partial charge on any atom is -0.355 e. The highest BCUT2D eigenvalue weighted by molar-refractivity contribution is 5.77. The summed E-state index contributed by atoms with van der Waals surface area (Å²) in [6, 6.07) is 0. The summed E-state index contributed by atoms with van der Waals surface area (Å²) in [6.07, 6.45) is 9.84. The van der Waals surface area contributed by atoms with Crippen LogP contribution in [0.3, 0.4) is 0 Å². The molecule has 0 heterocycles. The van der Waals surface area contributed by atoms with Crippen LogP contribution in [0.15, 0.2) is 12.2 Å². The molecular formula is C10H16N2O. The van der Waals surface area contributed by atoms with Crippen LogP contribution in [-0.4, -0.2) is 25.5 Å². The van der Waals surface area contributed by atoms with Gasteiger partial charge in [0.2, 0.25) is 5.91 Å². The highest BCUT2D eigenvalue weighted by Crippen LogP contribution is 1.78. The van der Waals surface area contributed by atoms with Gasteiger partial charge in [-0.25, -0.2) is 0 Å². The SMILES string of the molecule is C#CCNCC(=O)NCC/C=C/C. The van der Waals surface area contributed by atoms with Gasteiger partial charge in [-0.3, -0.25) is 10.1 Å². The quantitative estimate of drug-likeness (QED) is 0.350. The van der Waals surface area contributed by atoms with Crippen molar-refractivity contribution in [2.45, 2.75) is 13.3 Å². The molecule has 13 heavy (non-hydrogen) atoms. The molecule has 0 rings (SSSR count). The molecule has 0 bridgehead atoms. The Morgan fingerprint density at radius 2 is 2.38 bits per heavy atom. The lowest BCUT2D eigenvalue weighted by molar-refractivity contribution is -0.120. The molecule has 0 aliphatic rings. The van der Waals surface area contributed by atoms with E-state index in [4.69, 9.17) is 6.42 Å². The topological polar surface area (TPSA) is 41.1 Å². The van der Waals surface area contributed by atoms with E-state index in [1.807, 2.05) is 19.1 Å². The third-order valence-corrected chi connectivity index (χ3v) is 1.38. The van der Waals surface area contributed by atoms with Crippen molar-refractivity contribution in [1.82, 2.24) is 10.6 Å². The molecule has 1 amide bonds. The summed E-state index contributed by atoms with van der Waals surface area (Å²) in [6.45, 7) is 3.36. The van der Waals surface area contributed by atoms with Crippen molar-refractivity contribution in [1.29, 1.82) is 0 Å². The number of nitrogens with one attached hydrogen (secondary N) is 2. The van der Waals surface area contributed by atoms with E-state index in [1.165, 1.54) is 0 Å². The van der Waals surface area contributed by atoms with Crippen molar-refractivity contribution >= 4 is 5.91 Å². The lowest BCUT2D eigenvalue weighted by Crippen LogP contribution is -2.34. The largest absolute Gasteiger partial charge is 0.355 e. The summed E-state index contributed by atoms with van der Waals surface area (Å²) < 4.78 is 0. The molecule has 0 fully saturated rings. The molecule has 0 aliphatic carbocycles. The van der Waals surface area contributed by atoms with Crippen molar-refractivity contribution in [2.75, 3.05) is 19.6 Å². The summed E-state index contributed by atoms with van der Waals surface area (Å²) in [4.78, 5) is 11.0. The van der Waals surface area contributed by atoms with E-state index in [0.717, 1.165) is 6.42 Å². The summed E-state index contributed by atoms with van der Waals surface area (Å²) in [7, 11) is 0. The van der Waals surface area contributed by atoms with E-state index in [2.05, 4.69) is 16.6 Å². The molecule has 72 valence electrons. The smallest absolute Gasteiger partial charge is 0.233 e. The lowest BCUT2D eigenvalue weighted by atomic mass is 10.4. The molecule has 0 aromatic rings. The zero-order chi connectivity index (χ0) is 9.94. The molecule has 0 aliphatic heterocycles. The van der Waals surface area contributed by atoms with Crippen molar-refractivity contribution < 1.29 is 4.79 Å². The fraction of sp³-hybridized carbons (Fsp3) is 0.500. The molecule has 2 N–H and O–H groups in total. The summed E-state index contributed by atoms with van der Waals surface area (Å²) >= 11 is 0. The number of amides is 1. The van der Waals surface area contributed by atoms with E-state index >= 15 is 0 Å². The number of hydrogen-bond donors (Lipinski definition) is 2. The second-order valence-corrected chi connectivity index (χ2v) is 2.52. The van der Waals surface area contributed by atoms with Gasteiger partial charge >= 0.3 is 0 Å². The standard InChI is InChI=1S/C10H16N2O/c1-3-5-6-8-12-10(13)9-11-7-4-2/h2-3,5,11H,6-9H2,1H3,(H,12,13)/b5-3+. The van der Waals surface area contributed by atoms with Crippen molar-refractivity contribution in [3.8, 4) is 12.3 Å². The molecule has 3 heteroatoms. The predicted octanol–water partition coefficient (Wildman–Crippen LogP) is 0.292. The van der Waals surface area contributed by atoms with Gasteiger partial charge in [0.15, 0.2) is 0 Å². The first-order valence-electron chi connectivity index (χ1n) is 4.33. The Bertz CT molecular complexity index is 203. The zero-order valence-electron chi connectivity index (χ0n) is 7.97. The first-order valence-corrected chi connectivity index (χ1v) is 4.33. The Kier molecular flexibility index (Phi) is 7.96. The van der Waals surface area contributed by atoms with Crippen molar-refractivity contribution in [3.05, 3.63) is 12.2 Å². The van der Waals surface area contributed by atoms with Crippen molar-refractivity contribution in [2.24, 2.45) is 0 Å². The van der Waals surface area contributed by atoms with Gasteiger partial charge < -0.3 is 5.32 Å². The van der Waals surface area contributed by atoms with Crippen LogP contribution < -0.4 is 10.6 Å². The van der Waals surface area contributed by atoms with Crippen LogP contribution in [-0.2, 0) is 4.79 Å². The molecule has 0 aromatic carbocycles.